The van der Waals surface area contributed by atoms with E-state index in [9.17, 15) is 18.0 Å². The quantitative estimate of drug-likeness (QED) is 0.909. The minimum atomic E-state index is -4.48. The van der Waals surface area contributed by atoms with Crippen molar-refractivity contribution in [2.45, 2.75) is 12.7 Å². The zero-order valence-electron chi connectivity index (χ0n) is 11.1. The maximum absolute atomic E-state index is 12.6. The van der Waals surface area contributed by atoms with Crippen LogP contribution in [0.2, 0.25) is 0 Å². The maximum Gasteiger partial charge on any atom is 0.416 e. The van der Waals surface area contributed by atoms with E-state index in [0.29, 0.717) is 11.4 Å². The molecular formula is C13H13F3N4O. The first-order chi connectivity index (χ1) is 9.79. The van der Waals surface area contributed by atoms with Gasteiger partial charge in [-0.1, -0.05) is 6.07 Å². The summed E-state index contributed by atoms with van der Waals surface area (Å²) in [7, 11) is 1.65. The lowest BCUT2D eigenvalue weighted by Crippen LogP contribution is -2.23. The molecule has 0 atom stereocenters. The van der Waals surface area contributed by atoms with Crippen LogP contribution in [0, 0.1) is 0 Å². The molecule has 0 saturated carbocycles. The predicted molar refractivity (Wildman–Crippen MR) is 70.2 cm³/mol. The molecule has 8 heteroatoms. The van der Waals surface area contributed by atoms with Crippen LogP contribution in [0.25, 0.3) is 0 Å². The Morgan fingerprint density at radius 1 is 1.43 bits per heavy atom. The van der Waals surface area contributed by atoms with Gasteiger partial charge in [0, 0.05) is 24.7 Å². The van der Waals surface area contributed by atoms with E-state index in [1.54, 1.807) is 7.05 Å². The van der Waals surface area contributed by atoms with Crippen LogP contribution in [0.4, 0.5) is 19.0 Å². The lowest BCUT2D eigenvalue weighted by molar-refractivity contribution is -0.137. The zero-order valence-corrected chi connectivity index (χ0v) is 11.1. The van der Waals surface area contributed by atoms with Crippen molar-refractivity contribution in [2.24, 2.45) is 7.05 Å². The van der Waals surface area contributed by atoms with Crippen LogP contribution in [0.1, 0.15) is 21.5 Å². The van der Waals surface area contributed by atoms with Crippen LogP contribution < -0.4 is 11.1 Å². The fourth-order valence-corrected chi connectivity index (χ4v) is 1.74. The van der Waals surface area contributed by atoms with Crippen molar-refractivity contribution >= 4 is 11.7 Å². The Kier molecular flexibility index (Phi) is 3.88. The average Bonchev–Trinajstić information content (AvgIpc) is 2.75. The molecule has 21 heavy (non-hydrogen) atoms. The van der Waals surface area contributed by atoms with Crippen molar-refractivity contribution in [1.82, 2.24) is 15.1 Å². The summed E-state index contributed by atoms with van der Waals surface area (Å²) in [5.41, 5.74) is 5.38. The lowest BCUT2D eigenvalue weighted by atomic mass is 10.1. The van der Waals surface area contributed by atoms with E-state index < -0.39 is 17.6 Å². The number of nitrogen functional groups attached to an aromatic ring is 1. The highest BCUT2D eigenvalue weighted by atomic mass is 19.4. The van der Waals surface area contributed by atoms with Gasteiger partial charge in [-0.15, -0.1) is 0 Å². The van der Waals surface area contributed by atoms with Crippen LogP contribution >= 0.6 is 0 Å². The Balaban J connectivity index is 2.09. The number of halogens is 3. The molecular weight excluding hydrogens is 285 g/mol. The molecule has 1 heterocycles. The summed E-state index contributed by atoms with van der Waals surface area (Å²) < 4.78 is 39.2. The lowest BCUT2D eigenvalue weighted by Gasteiger charge is -2.09. The topological polar surface area (TPSA) is 72.9 Å². The number of aryl methyl sites for hydroxylation is 1. The Hall–Kier alpha value is -2.51. The summed E-state index contributed by atoms with van der Waals surface area (Å²) in [5, 5.41) is 6.41. The predicted octanol–water partition coefficient (Wildman–Crippen LogP) is 1.95. The minimum Gasteiger partial charge on any atom is -0.384 e. The molecule has 0 fully saturated rings. The van der Waals surface area contributed by atoms with Crippen molar-refractivity contribution in [3.63, 3.8) is 0 Å². The van der Waals surface area contributed by atoms with Gasteiger partial charge in [0.05, 0.1) is 11.8 Å². The van der Waals surface area contributed by atoms with Gasteiger partial charge in [0.15, 0.2) is 0 Å². The average molecular weight is 298 g/mol. The standard InChI is InChI=1S/C13H13F3N4O/c1-20-11(17)9(7-19-20)6-18-12(21)8-3-2-4-10(5-8)13(14,15)16/h2-5,7H,6,17H2,1H3,(H,18,21). The molecule has 0 aliphatic rings. The molecule has 0 aliphatic heterocycles. The second kappa shape index (κ2) is 5.47. The summed E-state index contributed by atoms with van der Waals surface area (Å²) in [6, 6.07) is 4.23. The van der Waals surface area contributed by atoms with Gasteiger partial charge in [0.2, 0.25) is 0 Å². The summed E-state index contributed by atoms with van der Waals surface area (Å²) in [6.45, 7) is 0.0920. The highest BCUT2D eigenvalue weighted by molar-refractivity contribution is 5.94. The number of amides is 1. The van der Waals surface area contributed by atoms with Crippen LogP contribution in [-0.2, 0) is 19.8 Å². The molecule has 2 aromatic rings. The van der Waals surface area contributed by atoms with Crippen LogP contribution in [0.5, 0.6) is 0 Å². The molecule has 1 aromatic heterocycles. The van der Waals surface area contributed by atoms with Gasteiger partial charge >= 0.3 is 6.18 Å². The molecule has 1 amide bonds. The molecule has 3 N–H and O–H groups in total. The summed E-state index contributed by atoms with van der Waals surface area (Å²) in [5.74, 6) is -0.219. The first-order valence-corrected chi connectivity index (χ1v) is 6.01. The summed E-state index contributed by atoms with van der Waals surface area (Å²) in [4.78, 5) is 11.9. The van der Waals surface area contributed by atoms with Gasteiger partial charge in [-0.05, 0) is 18.2 Å². The highest BCUT2D eigenvalue weighted by Crippen LogP contribution is 2.29. The van der Waals surface area contributed by atoms with E-state index >= 15 is 0 Å². The number of alkyl halides is 3. The van der Waals surface area contributed by atoms with E-state index in [-0.39, 0.29) is 12.1 Å². The van der Waals surface area contributed by atoms with Crippen molar-refractivity contribution in [3.8, 4) is 0 Å². The largest absolute Gasteiger partial charge is 0.416 e. The van der Waals surface area contributed by atoms with E-state index in [1.165, 1.54) is 23.0 Å². The van der Waals surface area contributed by atoms with Gasteiger partial charge in [-0.3, -0.25) is 9.48 Å². The molecule has 112 valence electrons. The molecule has 5 nitrogen and oxygen atoms in total. The van der Waals surface area contributed by atoms with E-state index in [2.05, 4.69) is 10.4 Å². The number of rotatable bonds is 3. The van der Waals surface area contributed by atoms with E-state index in [1.807, 2.05) is 0 Å². The van der Waals surface area contributed by atoms with Gasteiger partial charge in [0.1, 0.15) is 5.82 Å². The van der Waals surface area contributed by atoms with E-state index in [0.717, 1.165) is 12.1 Å². The fourth-order valence-electron chi connectivity index (χ4n) is 1.74. The molecule has 0 radical (unpaired) electrons. The number of anilines is 1. The summed E-state index contributed by atoms with van der Waals surface area (Å²) >= 11 is 0. The Bertz CT molecular complexity index is 664. The molecule has 0 saturated heterocycles. The Labute approximate surface area is 118 Å². The third-order valence-corrected chi connectivity index (χ3v) is 2.96. The Morgan fingerprint density at radius 3 is 2.71 bits per heavy atom. The molecule has 0 bridgehead atoms. The molecule has 1 aromatic carbocycles. The zero-order chi connectivity index (χ0) is 15.6. The SMILES string of the molecule is Cn1ncc(CNC(=O)c2cccc(C(F)(F)F)c2)c1N. The monoisotopic (exact) mass is 298 g/mol. The van der Waals surface area contributed by atoms with Gasteiger partial charge in [-0.25, -0.2) is 0 Å². The third kappa shape index (κ3) is 3.33. The smallest absolute Gasteiger partial charge is 0.384 e. The minimum absolute atomic E-state index is 0.0627. The van der Waals surface area contributed by atoms with Crippen molar-refractivity contribution in [2.75, 3.05) is 5.73 Å². The number of nitrogens with one attached hydrogen (secondary N) is 1. The third-order valence-electron chi connectivity index (χ3n) is 2.96. The number of benzene rings is 1. The molecule has 2 rings (SSSR count). The highest BCUT2D eigenvalue weighted by Gasteiger charge is 2.30. The number of hydrogen-bond donors (Lipinski definition) is 2. The molecule has 0 spiro atoms. The Morgan fingerprint density at radius 2 is 2.14 bits per heavy atom. The second-order valence-corrected chi connectivity index (χ2v) is 4.44. The van der Waals surface area contributed by atoms with Crippen LogP contribution in [0.15, 0.2) is 30.5 Å². The number of carbonyl (C=O) groups excluding carboxylic acids is 1. The van der Waals surface area contributed by atoms with Crippen LogP contribution in [0.3, 0.4) is 0 Å². The molecule has 0 aliphatic carbocycles. The molecule has 0 unspecified atom stereocenters. The second-order valence-electron chi connectivity index (χ2n) is 4.44. The first kappa shape index (κ1) is 14.9. The maximum atomic E-state index is 12.6. The van der Waals surface area contributed by atoms with Crippen LogP contribution in [-0.4, -0.2) is 15.7 Å². The van der Waals surface area contributed by atoms with Gasteiger partial charge in [0.25, 0.3) is 5.91 Å². The van der Waals surface area contributed by atoms with Gasteiger partial charge in [-0.2, -0.15) is 18.3 Å². The fraction of sp³-hybridized carbons (Fsp3) is 0.231. The number of carbonyl (C=O) groups is 1. The number of aromatic nitrogens is 2. The van der Waals surface area contributed by atoms with Crippen molar-refractivity contribution in [1.29, 1.82) is 0 Å². The first-order valence-electron chi connectivity index (χ1n) is 6.01. The normalized spacial score (nSPS) is 11.4. The summed E-state index contributed by atoms with van der Waals surface area (Å²) in [6.07, 6.45) is -2.99. The number of nitrogens with two attached hydrogens (primary N) is 1. The van der Waals surface area contributed by atoms with E-state index in [4.69, 9.17) is 5.73 Å². The number of nitrogens with zero attached hydrogens (tertiary/aromatic N) is 2. The van der Waals surface area contributed by atoms with Crippen molar-refractivity contribution < 1.29 is 18.0 Å². The van der Waals surface area contributed by atoms with Gasteiger partial charge < -0.3 is 11.1 Å². The number of hydrogen-bond acceptors (Lipinski definition) is 3. The van der Waals surface area contributed by atoms with Crippen molar-refractivity contribution in [3.05, 3.63) is 47.2 Å².